The number of hydrogen-bond acceptors (Lipinski definition) is 4. The van der Waals surface area contributed by atoms with E-state index in [2.05, 4.69) is 5.32 Å². The quantitative estimate of drug-likeness (QED) is 0.757. The van der Waals surface area contributed by atoms with Gasteiger partial charge in [0, 0.05) is 30.1 Å². The first kappa shape index (κ1) is 22.4. The second-order valence-corrected chi connectivity index (χ2v) is 8.08. The van der Waals surface area contributed by atoms with Gasteiger partial charge < -0.3 is 20.1 Å². The summed E-state index contributed by atoms with van der Waals surface area (Å²) in [5.74, 6) is 1.17. The van der Waals surface area contributed by atoms with Gasteiger partial charge in [-0.05, 0) is 76.0 Å². The summed E-state index contributed by atoms with van der Waals surface area (Å²) in [7, 11) is 0. The van der Waals surface area contributed by atoms with Crippen LogP contribution in [-0.2, 0) is 0 Å². The number of phenolic OH excluding ortho intramolecular Hbond substituents is 1. The molecule has 0 aliphatic carbocycles. The molecule has 2 heterocycles. The number of carbonyl (C=O) groups is 1. The summed E-state index contributed by atoms with van der Waals surface area (Å²) in [4.78, 5) is 14.5. The summed E-state index contributed by atoms with van der Waals surface area (Å²) in [5.41, 5.74) is 2.48. The van der Waals surface area contributed by atoms with E-state index >= 15 is 0 Å². The van der Waals surface area contributed by atoms with E-state index in [1.54, 1.807) is 6.07 Å². The summed E-state index contributed by atoms with van der Waals surface area (Å²) in [6, 6.07) is 13.4. The normalized spacial score (nSPS) is 19.3. The fourth-order valence-electron chi connectivity index (χ4n) is 4.75. The van der Waals surface area contributed by atoms with Crippen molar-refractivity contribution in [1.29, 1.82) is 0 Å². The maximum atomic E-state index is 12.6. The van der Waals surface area contributed by atoms with Crippen molar-refractivity contribution in [3.8, 4) is 11.5 Å². The number of benzene rings is 2. The topological polar surface area (TPSA) is 61.8 Å². The second kappa shape index (κ2) is 9.27. The van der Waals surface area contributed by atoms with Crippen molar-refractivity contribution in [3.63, 3.8) is 0 Å². The van der Waals surface area contributed by atoms with Gasteiger partial charge >= 0.3 is 0 Å². The highest BCUT2D eigenvalue weighted by atomic mass is 35.5. The monoisotopic (exact) mass is 430 g/mol. The van der Waals surface area contributed by atoms with Crippen LogP contribution >= 0.6 is 12.4 Å². The van der Waals surface area contributed by atoms with Gasteiger partial charge in [-0.3, -0.25) is 4.79 Å². The molecule has 4 rings (SSSR count). The number of fused-ring (bicyclic) bond motifs is 1. The van der Waals surface area contributed by atoms with Crippen molar-refractivity contribution >= 4 is 18.3 Å². The number of aromatic hydroxyl groups is 1. The lowest BCUT2D eigenvalue weighted by molar-refractivity contribution is 0.0108. The number of ether oxygens (including phenoxy) is 1. The summed E-state index contributed by atoms with van der Waals surface area (Å²) < 4.78 is 6.45. The minimum Gasteiger partial charge on any atom is -0.508 e. The Morgan fingerprint density at radius 2 is 1.80 bits per heavy atom. The number of nitrogens with one attached hydrogen (secondary N) is 1. The zero-order valence-corrected chi connectivity index (χ0v) is 18.5. The number of nitrogens with zero attached hydrogens (tertiary/aromatic N) is 1. The fourth-order valence-corrected chi connectivity index (χ4v) is 4.75. The summed E-state index contributed by atoms with van der Waals surface area (Å²) in [5, 5.41) is 14.0. The van der Waals surface area contributed by atoms with Crippen LogP contribution in [0.5, 0.6) is 11.5 Å². The fraction of sp³-hybridized carbons (Fsp3) is 0.458. The largest absolute Gasteiger partial charge is 0.508 e. The highest BCUT2D eigenvalue weighted by Crippen LogP contribution is 2.50. The molecule has 2 aromatic rings. The van der Waals surface area contributed by atoms with E-state index in [0.717, 1.165) is 49.2 Å². The molecule has 0 radical (unpaired) electrons. The molecule has 5 nitrogen and oxygen atoms in total. The zero-order chi connectivity index (χ0) is 20.4. The molecule has 0 aromatic heterocycles. The summed E-state index contributed by atoms with van der Waals surface area (Å²) in [6.07, 6.45) is 2.75. The van der Waals surface area contributed by atoms with Crippen LogP contribution in [0.3, 0.4) is 0 Å². The first-order chi connectivity index (χ1) is 14.1. The van der Waals surface area contributed by atoms with E-state index in [9.17, 15) is 9.90 Å². The lowest BCUT2D eigenvalue weighted by Gasteiger charge is -2.45. The van der Waals surface area contributed by atoms with E-state index in [4.69, 9.17) is 4.74 Å². The molecule has 0 bridgehead atoms. The number of hydrogen-bond donors (Lipinski definition) is 2. The van der Waals surface area contributed by atoms with Crippen LogP contribution in [0.2, 0.25) is 0 Å². The molecular formula is C24H31ClN2O3. The molecule has 2 aliphatic rings. The lowest BCUT2D eigenvalue weighted by Crippen LogP contribution is -2.49. The maximum Gasteiger partial charge on any atom is 0.253 e. The number of piperidine rings is 1. The van der Waals surface area contributed by atoms with Crippen LogP contribution in [0, 0.1) is 0 Å². The average Bonchev–Trinajstić information content (AvgIpc) is 2.74. The van der Waals surface area contributed by atoms with Gasteiger partial charge in [-0.1, -0.05) is 18.2 Å². The van der Waals surface area contributed by atoms with Crippen molar-refractivity contribution < 1.29 is 14.6 Å². The van der Waals surface area contributed by atoms with E-state index < -0.39 is 0 Å². The predicted molar refractivity (Wildman–Crippen MR) is 121 cm³/mol. The van der Waals surface area contributed by atoms with Crippen LogP contribution in [0.4, 0.5) is 0 Å². The molecule has 6 heteroatoms. The predicted octanol–water partition coefficient (Wildman–Crippen LogP) is 4.33. The number of phenols is 1. The standard InChI is InChI=1S/C24H30N2O3.ClH/c1-3-26(4-2)23(28)18-10-8-17(9-11-18)19-16-24(12-14-25-15-13-24)29-21-7-5-6-20(27)22(19)21;/h5-11,19,25,27H,3-4,12-16H2,1-2H3;1H. The van der Waals surface area contributed by atoms with Crippen molar-refractivity contribution in [3.05, 3.63) is 59.2 Å². The number of amides is 1. The molecule has 1 unspecified atom stereocenters. The molecule has 1 spiro atoms. The maximum absolute atomic E-state index is 12.6. The van der Waals surface area contributed by atoms with Crippen LogP contribution in [0.25, 0.3) is 0 Å². The Balaban J connectivity index is 0.00000256. The van der Waals surface area contributed by atoms with Crippen molar-refractivity contribution in [2.45, 2.75) is 44.6 Å². The van der Waals surface area contributed by atoms with Gasteiger partial charge in [0.2, 0.25) is 0 Å². The van der Waals surface area contributed by atoms with E-state index in [-0.39, 0.29) is 35.6 Å². The van der Waals surface area contributed by atoms with E-state index in [1.165, 1.54) is 0 Å². The van der Waals surface area contributed by atoms with Gasteiger partial charge in [0.05, 0.1) is 0 Å². The third kappa shape index (κ3) is 4.14. The van der Waals surface area contributed by atoms with Crippen molar-refractivity contribution in [2.24, 2.45) is 0 Å². The van der Waals surface area contributed by atoms with Gasteiger partial charge in [0.25, 0.3) is 5.91 Å². The van der Waals surface area contributed by atoms with Crippen LogP contribution in [0.15, 0.2) is 42.5 Å². The molecule has 1 saturated heterocycles. The third-order valence-electron chi connectivity index (χ3n) is 6.42. The molecule has 1 atom stereocenters. The van der Waals surface area contributed by atoms with Crippen molar-refractivity contribution in [2.75, 3.05) is 26.2 Å². The molecule has 30 heavy (non-hydrogen) atoms. The molecular weight excluding hydrogens is 400 g/mol. The Morgan fingerprint density at radius 3 is 2.43 bits per heavy atom. The van der Waals surface area contributed by atoms with Gasteiger partial charge in [-0.25, -0.2) is 0 Å². The Kier molecular flexibility index (Phi) is 6.94. The molecule has 0 saturated carbocycles. The summed E-state index contributed by atoms with van der Waals surface area (Å²) in [6.45, 7) is 7.28. The van der Waals surface area contributed by atoms with Crippen molar-refractivity contribution in [1.82, 2.24) is 10.2 Å². The first-order valence-corrected chi connectivity index (χ1v) is 10.7. The molecule has 2 aromatic carbocycles. The Hall–Kier alpha value is -2.24. The number of halogens is 1. The average molecular weight is 431 g/mol. The minimum absolute atomic E-state index is 0. The highest BCUT2D eigenvalue weighted by molar-refractivity contribution is 5.94. The molecule has 162 valence electrons. The molecule has 2 N–H and O–H groups in total. The van der Waals surface area contributed by atoms with Crippen LogP contribution in [-0.4, -0.2) is 47.7 Å². The van der Waals surface area contributed by atoms with Gasteiger partial charge in [-0.2, -0.15) is 0 Å². The SMILES string of the molecule is CCN(CC)C(=O)c1ccc(C2CC3(CCNCC3)Oc3cccc(O)c32)cc1.Cl. The Bertz CT molecular complexity index is 875. The van der Waals surface area contributed by atoms with Crippen LogP contribution < -0.4 is 10.1 Å². The zero-order valence-electron chi connectivity index (χ0n) is 17.7. The van der Waals surface area contributed by atoms with Gasteiger partial charge in [-0.15, -0.1) is 12.4 Å². The minimum atomic E-state index is -0.202. The summed E-state index contributed by atoms with van der Waals surface area (Å²) >= 11 is 0. The molecule has 2 aliphatic heterocycles. The third-order valence-corrected chi connectivity index (χ3v) is 6.42. The molecule has 1 amide bonds. The number of carbonyl (C=O) groups excluding carboxylic acids is 1. The Morgan fingerprint density at radius 1 is 1.13 bits per heavy atom. The Labute approximate surface area is 184 Å². The number of rotatable bonds is 4. The van der Waals surface area contributed by atoms with E-state index in [0.29, 0.717) is 18.7 Å². The second-order valence-electron chi connectivity index (χ2n) is 8.08. The van der Waals surface area contributed by atoms with Gasteiger partial charge in [0.15, 0.2) is 0 Å². The first-order valence-electron chi connectivity index (χ1n) is 10.7. The molecule has 1 fully saturated rings. The smallest absolute Gasteiger partial charge is 0.253 e. The van der Waals surface area contributed by atoms with Crippen LogP contribution in [0.1, 0.15) is 60.5 Å². The van der Waals surface area contributed by atoms with E-state index in [1.807, 2.05) is 55.1 Å². The van der Waals surface area contributed by atoms with Gasteiger partial charge in [0.1, 0.15) is 17.1 Å². The highest BCUT2D eigenvalue weighted by Gasteiger charge is 2.43. The lowest BCUT2D eigenvalue weighted by atomic mass is 9.74.